The molecule has 0 atom stereocenters. The summed E-state index contributed by atoms with van der Waals surface area (Å²) < 4.78 is 0. The normalized spacial score (nSPS) is 12.4. The Morgan fingerprint density at radius 2 is 1.36 bits per heavy atom. The van der Waals surface area contributed by atoms with Gasteiger partial charge in [-0.25, -0.2) is 0 Å². The van der Waals surface area contributed by atoms with E-state index in [1.54, 1.807) is 0 Å². The van der Waals surface area contributed by atoms with Crippen LogP contribution in [-0.2, 0) is 23.7 Å². The molecule has 0 aliphatic heterocycles. The maximum Gasteiger partial charge on any atom is 0.0112 e. The topological polar surface area (TPSA) is 0 Å². The van der Waals surface area contributed by atoms with Gasteiger partial charge in [0.2, 0.25) is 0 Å². The van der Waals surface area contributed by atoms with Gasteiger partial charge >= 0.3 is 0 Å². The van der Waals surface area contributed by atoms with E-state index in [0.717, 1.165) is 18.6 Å². The molecule has 1 heteroatoms. The molecule has 0 N–H and O–H groups in total. The van der Waals surface area contributed by atoms with Crippen LogP contribution in [0.3, 0.4) is 0 Å². The average Bonchev–Trinajstić information content (AvgIpc) is 2.53. The predicted molar refractivity (Wildman–Crippen MR) is 114 cm³/mol. The van der Waals surface area contributed by atoms with Crippen LogP contribution in [0.4, 0.5) is 0 Å². The monoisotopic (exact) mass is 354 g/mol. The third-order valence-corrected chi connectivity index (χ3v) is 5.79. The van der Waals surface area contributed by atoms with Crippen LogP contribution in [-0.4, -0.2) is 5.75 Å². The smallest absolute Gasteiger partial charge is 0.0112 e. The van der Waals surface area contributed by atoms with E-state index in [0.29, 0.717) is 0 Å². The number of thioether (sulfide) groups is 1. The SMILES string of the molecule is CCc1ccc(CCSc2cc(C(C)(C)C)ccc2C(C)(C)C)cc1. The second-order valence-corrected chi connectivity index (χ2v) is 10.1. The van der Waals surface area contributed by atoms with Crippen LogP contribution in [0, 0.1) is 0 Å². The molecule has 0 fully saturated rings. The van der Waals surface area contributed by atoms with E-state index in [2.05, 4.69) is 90.9 Å². The van der Waals surface area contributed by atoms with E-state index in [-0.39, 0.29) is 10.8 Å². The van der Waals surface area contributed by atoms with Gasteiger partial charge in [0.1, 0.15) is 0 Å². The first kappa shape index (κ1) is 20.1. The average molecular weight is 355 g/mol. The van der Waals surface area contributed by atoms with Crippen molar-refractivity contribution >= 4 is 11.8 Å². The number of benzene rings is 2. The van der Waals surface area contributed by atoms with Crippen molar-refractivity contribution in [2.45, 2.75) is 77.0 Å². The second-order valence-electron chi connectivity index (χ2n) is 8.98. The number of rotatable bonds is 5. The molecule has 0 nitrogen and oxygen atoms in total. The first-order chi connectivity index (χ1) is 11.6. The van der Waals surface area contributed by atoms with Crippen LogP contribution in [0.15, 0.2) is 47.4 Å². The van der Waals surface area contributed by atoms with E-state index >= 15 is 0 Å². The summed E-state index contributed by atoms with van der Waals surface area (Å²) in [6.45, 7) is 16.0. The van der Waals surface area contributed by atoms with Gasteiger partial charge in [-0.3, -0.25) is 0 Å². The second kappa shape index (κ2) is 7.99. The minimum Gasteiger partial charge on any atom is -0.126 e. The molecular formula is C24H34S. The Balaban J connectivity index is 2.15. The van der Waals surface area contributed by atoms with Gasteiger partial charge in [-0.1, -0.05) is 84.9 Å². The van der Waals surface area contributed by atoms with E-state index in [1.807, 2.05) is 11.8 Å². The zero-order chi connectivity index (χ0) is 18.7. The van der Waals surface area contributed by atoms with Gasteiger partial charge in [-0.15, -0.1) is 11.8 Å². The van der Waals surface area contributed by atoms with E-state index < -0.39 is 0 Å². The van der Waals surface area contributed by atoms with Gasteiger partial charge in [0.25, 0.3) is 0 Å². The maximum atomic E-state index is 2.42. The fourth-order valence-electron chi connectivity index (χ4n) is 2.95. The van der Waals surface area contributed by atoms with Gasteiger partial charge in [0.05, 0.1) is 0 Å². The Hall–Kier alpha value is -1.21. The Labute approximate surface area is 159 Å². The highest BCUT2D eigenvalue weighted by Gasteiger charge is 2.21. The lowest BCUT2D eigenvalue weighted by Gasteiger charge is -2.26. The molecule has 0 saturated carbocycles. The van der Waals surface area contributed by atoms with Gasteiger partial charge < -0.3 is 0 Å². The molecule has 0 unspecified atom stereocenters. The fraction of sp³-hybridized carbons (Fsp3) is 0.500. The molecular weight excluding hydrogens is 320 g/mol. The molecule has 136 valence electrons. The largest absolute Gasteiger partial charge is 0.126 e. The Kier molecular flexibility index (Phi) is 6.43. The van der Waals surface area contributed by atoms with Crippen LogP contribution in [0.2, 0.25) is 0 Å². The van der Waals surface area contributed by atoms with Crippen LogP contribution in [0.25, 0.3) is 0 Å². The van der Waals surface area contributed by atoms with Crippen LogP contribution < -0.4 is 0 Å². The third-order valence-electron chi connectivity index (χ3n) is 4.74. The first-order valence-electron chi connectivity index (χ1n) is 9.47. The highest BCUT2D eigenvalue weighted by Crippen LogP contribution is 2.36. The molecule has 0 amide bonds. The van der Waals surface area contributed by atoms with Gasteiger partial charge in [0, 0.05) is 10.6 Å². The van der Waals surface area contributed by atoms with Crippen molar-refractivity contribution in [1.82, 2.24) is 0 Å². The highest BCUT2D eigenvalue weighted by molar-refractivity contribution is 7.99. The molecule has 0 aliphatic rings. The van der Waals surface area contributed by atoms with Crippen molar-refractivity contribution < 1.29 is 0 Å². The molecule has 2 rings (SSSR count). The van der Waals surface area contributed by atoms with Crippen LogP contribution in [0.5, 0.6) is 0 Å². The van der Waals surface area contributed by atoms with Crippen molar-refractivity contribution in [2.24, 2.45) is 0 Å². The highest BCUT2D eigenvalue weighted by atomic mass is 32.2. The lowest BCUT2D eigenvalue weighted by atomic mass is 9.82. The van der Waals surface area contributed by atoms with E-state index in [1.165, 1.54) is 27.1 Å². The lowest BCUT2D eigenvalue weighted by molar-refractivity contribution is 0.565. The number of aryl methyl sites for hydroxylation is 2. The Bertz CT molecular complexity index is 682. The van der Waals surface area contributed by atoms with Crippen LogP contribution in [0.1, 0.15) is 70.7 Å². The maximum absolute atomic E-state index is 2.42. The summed E-state index contributed by atoms with van der Waals surface area (Å²) in [4.78, 5) is 1.45. The molecule has 0 aliphatic carbocycles. The summed E-state index contributed by atoms with van der Waals surface area (Å²) in [5.74, 6) is 1.13. The molecule has 0 aromatic heterocycles. The molecule has 0 spiro atoms. The van der Waals surface area contributed by atoms with Crippen molar-refractivity contribution in [3.05, 3.63) is 64.7 Å². The Morgan fingerprint density at radius 1 is 0.760 bits per heavy atom. The summed E-state index contributed by atoms with van der Waals surface area (Å²) in [7, 11) is 0. The predicted octanol–water partition coefficient (Wildman–Crippen LogP) is 7.18. The summed E-state index contributed by atoms with van der Waals surface area (Å²) in [6, 6.07) is 16.2. The lowest BCUT2D eigenvalue weighted by Crippen LogP contribution is -2.16. The molecule has 2 aromatic rings. The van der Waals surface area contributed by atoms with Gasteiger partial charge in [-0.05, 0) is 52.0 Å². The molecule has 0 saturated heterocycles. The molecule has 0 bridgehead atoms. The quantitative estimate of drug-likeness (QED) is 0.512. The number of hydrogen-bond acceptors (Lipinski definition) is 1. The number of hydrogen-bond donors (Lipinski definition) is 0. The summed E-state index contributed by atoms with van der Waals surface area (Å²) in [5, 5.41) is 0. The van der Waals surface area contributed by atoms with Crippen molar-refractivity contribution in [3.63, 3.8) is 0 Å². The van der Waals surface area contributed by atoms with E-state index in [9.17, 15) is 0 Å². The summed E-state index contributed by atoms with van der Waals surface area (Å²) >= 11 is 2.01. The van der Waals surface area contributed by atoms with Gasteiger partial charge in [0.15, 0.2) is 0 Å². The summed E-state index contributed by atoms with van der Waals surface area (Å²) in [6.07, 6.45) is 2.24. The van der Waals surface area contributed by atoms with E-state index in [4.69, 9.17) is 0 Å². The fourth-order valence-corrected chi connectivity index (χ4v) is 4.25. The van der Waals surface area contributed by atoms with Crippen molar-refractivity contribution in [1.29, 1.82) is 0 Å². The third kappa shape index (κ3) is 5.64. The van der Waals surface area contributed by atoms with Crippen molar-refractivity contribution in [2.75, 3.05) is 5.75 Å². The van der Waals surface area contributed by atoms with Crippen molar-refractivity contribution in [3.8, 4) is 0 Å². The standard InChI is InChI=1S/C24H34S/c1-8-18-9-11-19(12-10-18)15-16-25-22-17-20(23(2,3)4)13-14-21(22)24(5,6)7/h9-14,17H,8,15-16H2,1-7H3. The van der Waals surface area contributed by atoms with Crippen LogP contribution >= 0.6 is 11.8 Å². The minimum absolute atomic E-state index is 0.182. The molecule has 25 heavy (non-hydrogen) atoms. The summed E-state index contributed by atoms with van der Waals surface area (Å²) in [5.41, 5.74) is 6.13. The Morgan fingerprint density at radius 3 is 1.88 bits per heavy atom. The molecule has 0 radical (unpaired) electrons. The molecule has 2 aromatic carbocycles. The minimum atomic E-state index is 0.182. The molecule has 0 heterocycles. The van der Waals surface area contributed by atoms with Gasteiger partial charge in [-0.2, -0.15) is 0 Å². The first-order valence-corrected chi connectivity index (χ1v) is 10.5. The zero-order valence-electron chi connectivity index (χ0n) is 17.1. The zero-order valence-corrected chi connectivity index (χ0v) is 17.9.